The van der Waals surface area contributed by atoms with Crippen LogP contribution in [-0.4, -0.2) is 19.7 Å². The fourth-order valence-electron chi connectivity index (χ4n) is 3.51. The lowest BCUT2D eigenvalue weighted by Gasteiger charge is -2.40. The Kier molecular flexibility index (Phi) is 2.83. The minimum atomic E-state index is 0.686. The first-order chi connectivity index (χ1) is 8.29. The molecule has 1 aliphatic carbocycles. The van der Waals surface area contributed by atoms with Crippen LogP contribution in [0.25, 0.3) is 0 Å². The number of methoxy groups -OCH3 is 1. The zero-order chi connectivity index (χ0) is 11.8. The van der Waals surface area contributed by atoms with Gasteiger partial charge in [-0.05, 0) is 54.8 Å². The molecule has 1 aromatic carbocycles. The van der Waals surface area contributed by atoms with Gasteiger partial charge in [-0.15, -0.1) is 0 Å². The summed E-state index contributed by atoms with van der Waals surface area (Å²) in [7, 11) is 1.78. The van der Waals surface area contributed by atoms with Gasteiger partial charge >= 0.3 is 0 Å². The standard InChI is InChI=1S/C15H21NO/c1-10-8-13-11-4-3-5-15(17-2)12(11)6-7-14(13)16-9-10/h3-5,10,13-14,16H,6-9H2,1-2H3. The van der Waals surface area contributed by atoms with Gasteiger partial charge in [-0.1, -0.05) is 19.1 Å². The molecular formula is C15H21NO. The van der Waals surface area contributed by atoms with Crippen molar-refractivity contribution < 1.29 is 4.74 Å². The van der Waals surface area contributed by atoms with Gasteiger partial charge in [-0.2, -0.15) is 0 Å². The van der Waals surface area contributed by atoms with E-state index in [2.05, 4.69) is 30.4 Å². The molecule has 0 amide bonds. The Labute approximate surface area is 103 Å². The van der Waals surface area contributed by atoms with Crippen LogP contribution in [0.1, 0.15) is 36.8 Å². The average molecular weight is 231 g/mol. The lowest BCUT2D eigenvalue weighted by atomic mass is 9.73. The van der Waals surface area contributed by atoms with Gasteiger partial charge in [0, 0.05) is 6.04 Å². The van der Waals surface area contributed by atoms with Gasteiger partial charge in [-0.25, -0.2) is 0 Å². The second kappa shape index (κ2) is 4.34. The molecule has 2 nitrogen and oxygen atoms in total. The molecule has 1 aliphatic heterocycles. The van der Waals surface area contributed by atoms with Crippen molar-refractivity contribution in [3.05, 3.63) is 29.3 Å². The number of benzene rings is 1. The maximum absolute atomic E-state index is 5.50. The van der Waals surface area contributed by atoms with E-state index in [4.69, 9.17) is 4.74 Å². The lowest BCUT2D eigenvalue weighted by Crippen LogP contribution is -2.45. The van der Waals surface area contributed by atoms with Crippen molar-refractivity contribution in [2.24, 2.45) is 5.92 Å². The van der Waals surface area contributed by atoms with Crippen molar-refractivity contribution in [1.82, 2.24) is 5.32 Å². The quantitative estimate of drug-likeness (QED) is 0.802. The molecule has 3 rings (SSSR count). The molecule has 3 atom stereocenters. The average Bonchev–Trinajstić information content (AvgIpc) is 2.37. The molecule has 92 valence electrons. The molecule has 0 radical (unpaired) electrons. The summed E-state index contributed by atoms with van der Waals surface area (Å²) in [6, 6.07) is 7.22. The highest BCUT2D eigenvalue weighted by molar-refractivity contribution is 5.45. The Morgan fingerprint density at radius 2 is 2.24 bits per heavy atom. The minimum absolute atomic E-state index is 0.686. The molecule has 2 aliphatic rings. The number of fused-ring (bicyclic) bond motifs is 3. The Bertz CT molecular complexity index is 415. The fraction of sp³-hybridized carbons (Fsp3) is 0.600. The summed E-state index contributed by atoms with van der Waals surface area (Å²) in [5, 5.41) is 3.71. The normalized spacial score (nSPS) is 31.5. The Hall–Kier alpha value is -1.02. The predicted octanol–water partition coefficient (Wildman–Crippen LogP) is 2.72. The summed E-state index contributed by atoms with van der Waals surface area (Å²) >= 11 is 0. The van der Waals surface area contributed by atoms with Crippen LogP contribution >= 0.6 is 0 Å². The van der Waals surface area contributed by atoms with E-state index >= 15 is 0 Å². The van der Waals surface area contributed by atoms with E-state index < -0.39 is 0 Å². The van der Waals surface area contributed by atoms with Crippen molar-refractivity contribution in [1.29, 1.82) is 0 Å². The third kappa shape index (κ3) is 1.85. The van der Waals surface area contributed by atoms with Crippen molar-refractivity contribution in [3.8, 4) is 5.75 Å². The molecule has 1 heterocycles. The molecular weight excluding hydrogens is 210 g/mol. The highest BCUT2D eigenvalue weighted by Crippen LogP contribution is 2.41. The molecule has 1 saturated heterocycles. The van der Waals surface area contributed by atoms with Crippen LogP contribution in [0.15, 0.2) is 18.2 Å². The van der Waals surface area contributed by atoms with Gasteiger partial charge in [0.05, 0.1) is 7.11 Å². The summed E-state index contributed by atoms with van der Waals surface area (Å²) in [5.74, 6) is 2.56. The molecule has 17 heavy (non-hydrogen) atoms. The van der Waals surface area contributed by atoms with E-state index in [0.29, 0.717) is 12.0 Å². The monoisotopic (exact) mass is 231 g/mol. The molecule has 1 aromatic rings. The fourth-order valence-corrected chi connectivity index (χ4v) is 3.51. The Balaban J connectivity index is 1.99. The molecule has 0 saturated carbocycles. The Morgan fingerprint density at radius 3 is 3.06 bits per heavy atom. The lowest BCUT2D eigenvalue weighted by molar-refractivity contribution is 0.262. The molecule has 3 unspecified atom stereocenters. The van der Waals surface area contributed by atoms with Crippen LogP contribution in [0.4, 0.5) is 0 Å². The van der Waals surface area contributed by atoms with Gasteiger partial charge in [0.15, 0.2) is 0 Å². The molecule has 0 bridgehead atoms. The summed E-state index contributed by atoms with van der Waals surface area (Å²) in [5.41, 5.74) is 2.98. The smallest absolute Gasteiger partial charge is 0.122 e. The maximum atomic E-state index is 5.50. The van der Waals surface area contributed by atoms with Crippen molar-refractivity contribution in [2.75, 3.05) is 13.7 Å². The molecule has 1 N–H and O–H groups in total. The number of hydrogen-bond donors (Lipinski definition) is 1. The number of nitrogens with one attached hydrogen (secondary N) is 1. The number of ether oxygens (including phenoxy) is 1. The van der Waals surface area contributed by atoms with E-state index in [0.717, 1.165) is 18.1 Å². The largest absolute Gasteiger partial charge is 0.496 e. The van der Waals surface area contributed by atoms with Crippen LogP contribution < -0.4 is 10.1 Å². The van der Waals surface area contributed by atoms with E-state index in [1.165, 1.54) is 30.5 Å². The third-order valence-electron chi connectivity index (χ3n) is 4.36. The van der Waals surface area contributed by atoms with Crippen LogP contribution in [0.2, 0.25) is 0 Å². The van der Waals surface area contributed by atoms with Crippen LogP contribution in [0.3, 0.4) is 0 Å². The summed E-state index contributed by atoms with van der Waals surface area (Å²) < 4.78 is 5.50. The maximum Gasteiger partial charge on any atom is 0.122 e. The first-order valence-corrected chi connectivity index (χ1v) is 6.68. The van der Waals surface area contributed by atoms with Crippen LogP contribution in [0.5, 0.6) is 5.75 Å². The van der Waals surface area contributed by atoms with Crippen LogP contribution in [-0.2, 0) is 6.42 Å². The Morgan fingerprint density at radius 1 is 1.35 bits per heavy atom. The zero-order valence-electron chi connectivity index (χ0n) is 10.7. The highest BCUT2D eigenvalue weighted by atomic mass is 16.5. The van der Waals surface area contributed by atoms with E-state index in [-0.39, 0.29) is 0 Å². The van der Waals surface area contributed by atoms with Crippen molar-refractivity contribution in [3.63, 3.8) is 0 Å². The third-order valence-corrected chi connectivity index (χ3v) is 4.36. The van der Waals surface area contributed by atoms with E-state index in [9.17, 15) is 0 Å². The van der Waals surface area contributed by atoms with Gasteiger partial charge in [-0.3, -0.25) is 0 Å². The molecule has 0 spiro atoms. The first kappa shape index (κ1) is 11.1. The SMILES string of the molecule is COc1cccc2c1CCC1NCC(C)CC21. The summed E-state index contributed by atoms with van der Waals surface area (Å²) in [6.45, 7) is 3.53. The highest BCUT2D eigenvalue weighted by Gasteiger charge is 2.34. The van der Waals surface area contributed by atoms with Gasteiger partial charge < -0.3 is 10.1 Å². The van der Waals surface area contributed by atoms with E-state index in [1.807, 2.05) is 0 Å². The molecule has 1 fully saturated rings. The van der Waals surface area contributed by atoms with Crippen LogP contribution in [0, 0.1) is 5.92 Å². The molecule has 2 heteroatoms. The van der Waals surface area contributed by atoms with Crippen molar-refractivity contribution in [2.45, 2.75) is 38.1 Å². The second-order valence-corrected chi connectivity index (χ2v) is 5.53. The number of piperidine rings is 1. The van der Waals surface area contributed by atoms with E-state index in [1.54, 1.807) is 7.11 Å². The zero-order valence-corrected chi connectivity index (χ0v) is 10.7. The van der Waals surface area contributed by atoms with Gasteiger partial charge in [0.2, 0.25) is 0 Å². The number of hydrogen-bond acceptors (Lipinski definition) is 2. The topological polar surface area (TPSA) is 21.3 Å². The molecule has 0 aromatic heterocycles. The van der Waals surface area contributed by atoms with Gasteiger partial charge in [0.1, 0.15) is 5.75 Å². The first-order valence-electron chi connectivity index (χ1n) is 6.68. The summed E-state index contributed by atoms with van der Waals surface area (Å²) in [6.07, 6.45) is 3.73. The van der Waals surface area contributed by atoms with Gasteiger partial charge in [0.25, 0.3) is 0 Å². The van der Waals surface area contributed by atoms with Crippen molar-refractivity contribution >= 4 is 0 Å². The number of rotatable bonds is 1. The second-order valence-electron chi connectivity index (χ2n) is 5.53. The minimum Gasteiger partial charge on any atom is -0.496 e. The summed E-state index contributed by atoms with van der Waals surface area (Å²) in [4.78, 5) is 0. The predicted molar refractivity (Wildman–Crippen MR) is 69.6 cm³/mol.